The number of carbonyl (C=O) groups excluding carboxylic acids is 1. The minimum absolute atomic E-state index is 0.139. The van der Waals surface area contributed by atoms with E-state index in [9.17, 15) is 9.59 Å². The fourth-order valence-corrected chi connectivity index (χ4v) is 3.18. The average molecular weight is 380 g/mol. The summed E-state index contributed by atoms with van der Waals surface area (Å²) in [5, 5.41) is 13.2. The maximum atomic E-state index is 12.1. The first-order valence-corrected chi connectivity index (χ1v) is 8.67. The zero-order chi connectivity index (χ0) is 18.4. The Bertz CT molecular complexity index is 757. The molecule has 0 aromatic heterocycles. The van der Waals surface area contributed by atoms with Crippen molar-refractivity contribution < 1.29 is 14.7 Å². The zero-order valence-corrected chi connectivity index (χ0v) is 15.3. The summed E-state index contributed by atoms with van der Waals surface area (Å²) in [7, 11) is 0. The number of aryl methyl sites for hydroxylation is 1. The molecule has 1 unspecified atom stereocenters. The van der Waals surface area contributed by atoms with Gasteiger partial charge in [0.1, 0.15) is 0 Å². The number of benzene rings is 2. The number of carbonyl (C=O) groups is 2. The Morgan fingerprint density at radius 3 is 2.36 bits per heavy atom. The Kier molecular flexibility index (Phi) is 6.85. The molecule has 2 N–H and O–H groups in total. The molecular formula is C19H19Cl2NO3. The SMILES string of the molecule is CC(Cc1c(Cl)cccc1Cl)NC(=O)CCc1ccccc1C(=O)O. The number of carboxylic acid groups (broad SMARTS) is 1. The third-order valence-corrected chi connectivity index (χ3v) is 4.56. The summed E-state index contributed by atoms with van der Waals surface area (Å²) in [4.78, 5) is 23.3. The van der Waals surface area contributed by atoms with E-state index in [2.05, 4.69) is 5.32 Å². The van der Waals surface area contributed by atoms with Gasteiger partial charge in [-0.3, -0.25) is 4.79 Å². The maximum Gasteiger partial charge on any atom is 0.335 e. The van der Waals surface area contributed by atoms with E-state index in [1.54, 1.807) is 36.4 Å². The van der Waals surface area contributed by atoms with Crippen LogP contribution in [0.5, 0.6) is 0 Å². The molecule has 0 fully saturated rings. The van der Waals surface area contributed by atoms with E-state index < -0.39 is 5.97 Å². The van der Waals surface area contributed by atoms with Crippen molar-refractivity contribution in [2.24, 2.45) is 0 Å². The third kappa shape index (κ3) is 5.48. The van der Waals surface area contributed by atoms with Gasteiger partial charge in [-0.2, -0.15) is 0 Å². The third-order valence-electron chi connectivity index (χ3n) is 3.85. The molecule has 1 atom stereocenters. The maximum absolute atomic E-state index is 12.1. The smallest absolute Gasteiger partial charge is 0.335 e. The van der Waals surface area contributed by atoms with Gasteiger partial charge in [0, 0.05) is 22.5 Å². The number of hydrogen-bond acceptors (Lipinski definition) is 2. The normalized spacial score (nSPS) is 11.8. The molecule has 0 saturated heterocycles. The van der Waals surface area contributed by atoms with Crippen molar-refractivity contribution in [1.29, 1.82) is 0 Å². The predicted octanol–water partition coefficient (Wildman–Crippen LogP) is 4.37. The van der Waals surface area contributed by atoms with Gasteiger partial charge in [0.05, 0.1) is 5.56 Å². The highest BCUT2D eigenvalue weighted by molar-refractivity contribution is 6.36. The highest BCUT2D eigenvalue weighted by Crippen LogP contribution is 2.25. The molecule has 6 heteroatoms. The molecule has 2 aromatic carbocycles. The zero-order valence-electron chi connectivity index (χ0n) is 13.8. The lowest BCUT2D eigenvalue weighted by atomic mass is 10.0. The van der Waals surface area contributed by atoms with Crippen LogP contribution in [0.3, 0.4) is 0 Å². The topological polar surface area (TPSA) is 66.4 Å². The monoisotopic (exact) mass is 379 g/mol. The Balaban J connectivity index is 1.91. The summed E-state index contributed by atoms with van der Waals surface area (Å²) >= 11 is 12.3. The summed E-state index contributed by atoms with van der Waals surface area (Å²) < 4.78 is 0. The Labute approximate surface area is 156 Å². The van der Waals surface area contributed by atoms with E-state index in [1.165, 1.54) is 6.07 Å². The fourth-order valence-electron chi connectivity index (χ4n) is 2.63. The molecule has 0 saturated carbocycles. The van der Waals surface area contributed by atoms with Crippen LogP contribution >= 0.6 is 23.2 Å². The Morgan fingerprint density at radius 1 is 1.08 bits per heavy atom. The minimum Gasteiger partial charge on any atom is -0.478 e. The number of amides is 1. The minimum atomic E-state index is -0.988. The highest BCUT2D eigenvalue weighted by atomic mass is 35.5. The fraction of sp³-hybridized carbons (Fsp3) is 0.263. The molecule has 0 aliphatic heterocycles. The molecule has 0 aliphatic carbocycles. The van der Waals surface area contributed by atoms with Gasteiger partial charge >= 0.3 is 5.97 Å². The molecular weight excluding hydrogens is 361 g/mol. The number of hydrogen-bond donors (Lipinski definition) is 2. The van der Waals surface area contributed by atoms with E-state index in [1.807, 2.05) is 6.92 Å². The Hall–Kier alpha value is -2.04. The van der Waals surface area contributed by atoms with Crippen LogP contribution in [-0.2, 0) is 17.6 Å². The molecule has 132 valence electrons. The number of aromatic carboxylic acids is 1. The molecule has 0 heterocycles. The van der Waals surface area contributed by atoms with Crippen molar-refractivity contribution in [3.05, 3.63) is 69.2 Å². The lowest BCUT2D eigenvalue weighted by Gasteiger charge is -2.16. The van der Waals surface area contributed by atoms with Crippen molar-refractivity contribution in [2.75, 3.05) is 0 Å². The molecule has 0 bridgehead atoms. The first-order valence-electron chi connectivity index (χ1n) is 7.92. The van der Waals surface area contributed by atoms with E-state index >= 15 is 0 Å². The quantitative estimate of drug-likeness (QED) is 0.750. The molecule has 1 amide bonds. The van der Waals surface area contributed by atoms with Gasteiger partial charge in [0.25, 0.3) is 0 Å². The van der Waals surface area contributed by atoms with Gasteiger partial charge in [-0.1, -0.05) is 47.5 Å². The van der Waals surface area contributed by atoms with Gasteiger partial charge < -0.3 is 10.4 Å². The van der Waals surface area contributed by atoms with Crippen LogP contribution in [0, 0.1) is 0 Å². The number of nitrogens with one attached hydrogen (secondary N) is 1. The van der Waals surface area contributed by atoms with Crippen LogP contribution in [0.2, 0.25) is 10.0 Å². The van der Waals surface area contributed by atoms with E-state index in [0.717, 1.165) is 5.56 Å². The summed E-state index contributed by atoms with van der Waals surface area (Å²) in [5.41, 5.74) is 1.67. The largest absolute Gasteiger partial charge is 0.478 e. The predicted molar refractivity (Wildman–Crippen MR) is 99.5 cm³/mol. The Morgan fingerprint density at radius 2 is 1.72 bits per heavy atom. The van der Waals surface area contributed by atoms with Crippen molar-refractivity contribution in [1.82, 2.24) is 5.32 Å². The summed E-state index contributed by atoms with van der Waals surface area (Å²) in [6.07, 6.45) is 1.11. The summed E-state index contributed by atoms with van der Waals surface area (Å²) in [6.45, 7) is 1.88. The van der Waals surface area contributed by atoms with Crippen LogP contribution in [0.15, 0.2) is 42.5 Å². The summed E-state index contributed by atoms with van der Waals surface area (Å²) in [6, 6.07) is 11.9. The molecule has 0 aliphatic rings. The van der Waals surface area contributed by atoms with Crippen molar-refractivity contribution in [3.8, 4) is 0 Å². The molecule has 0 radical (unpaired) electrons. The molecule has 4 nitrogen and oxygen atoms in total. The molecule has 25 heavy (non-hydrogen) atoms. The lowest BCUT2D eigenvalue weighted by Crippen LogP contribution is -2.34. The van der Waals surface area contributed by atoms with Crippen molar-refractivity contribution >= 4 is 35.1 Å². The number of rotatable bonds is 7. The lowest BCUT2D eigenvalue weighted by molar-refractivity contribution is -0.121. The molecule has 2 aromatic rings. The van der Waals surface area contributed by atoms with Crippen LogP contribution < -0.4 is 5.32 Å². The van der Waals surface area contributed by atoms with Gasteiger partial charge in [0.2, 0.25) is 5.91 Å². The van der Waals surface area contributed by atoms with Crippen LogP contribution in [0.1, 0.15) is 34.8 Å². The number of halogens is 2. The first-order chi connectivity index (χ1) is 11.9. The first kappa shape index (κ1) is 19.3. The summed E-state index contributed by atoms with van der Waals surface area (Å²) in [5.74, 6) is -1.13. The molecule has 2 rings (SSSR count). The highest BCUT2D eigenvalue weighted by Gasteiger charge is 2.14. The standard InChI is InChI=1S/C19H19Cl2NO3/c1-12(11-15-16(20)7-4-8-17(15)21)22-18(23)10-9-13-5-2-3-6-14(13)19(24)25/h2-8,12H,9-11H2,1H3,(H,22,23)(H,24,25). The van der Waals surface area contributed by atoms with Crippen molar-refractivity contribution in [3.63, 3.8) is 0 Å². The average Bonchev–Trinajstić information content (AvgIpc) is 2.56. The van der Waals surface area contributed by atoms with E-state index in [4.69, 9.17) is 28.3 Å². The number of carboxylic acids is 1. The van der Waals surface area contributed by atoms with Gasteiger partial charge in [0.15, 0.2) is 0 Å². The van der Waals surface area contributed by atoms with Crippen LogP contribution in [0.4, 0.5) is 0 Å². The van der Waals surface area contributed by atoms with Gasteiger partial charge in [-0.25, -0.2) is 4.79 Å². The van der Waals surface area contributed by atoms with Crippen LogP contribution in [-0.4, -0.2) is 23.0 Å². The van der Waals surface area contributed by atoms with Gasteiger partial charge in [-0.15, -0.1) is 0 Å². The van der Waals surface area contributed by atoms with Gasteiger partial charge in [-0.05, 0) is 49.1 Å². The van der Waals surface area contributed by atoms with E-state index in [0.29, 0.717) is 28.5 Å². The van der Waals surface area contributed by atoms with Crippen LogP contribution in [0.25, 0.3) is 0 Å². The second-order valence-corrected chi connectivity index (χ2v) is 6.65. The molecule has 0 spiro atoms. The van der Waals surface area contributed by atoms with Crippen molar-refractivity contribution in [2.45, 2.75) is 32.2 Å². The second kappa shape index (κ2) is 8.88. The van der Waals surface area contributed by atoms with E-state index in [-0.39, 0.29) is 23.9 Å². The second-order valence-electron chi connectivity index (χ2n) is 5.84.